The molecule has 0 fully saturated rings. The second kappa shape index (κ2) is 9.70. The van der Waals surface area contributed by atoms with Gasteiger partial charge in [-0.05, 0) is 24.3 Å². The lowest BCUT2D eigenvalue weighted by molar-refractivity contribution is 1.10. The second-order valence-electron chi connectivity index (χ2n) is 2.22. The molecule has 0 amide bonds. The highest BCUT2D eigenvalue weighted by Gasteiger charge is 1.87. The van der Waals surface area contributed by atoms with Gasteiger partial charge in [0, 0.05) is 11.5 Å². The normalized spacial score (nSPS) is 10.2. The van der Waals surface area contributed by atoms with E-state index in [-0.39, 0.29) is 0 Å². The standard InChI is InChI=1S/C8H18S2/c1-3-5-9-7-8-10-6-4-2/h3-8H2,1-2H3. The van der Waals surface area contributed by atoms with E-state index in [2.05, 4.69) is 37.4 Å². The van der Waals surface area contributed by atoms with Gasteiger partial charge in [0.25, 0.3) is 0 Å². The first-order valence-electron chi connectivity index (χ1n) is 4.07. The highest BCUT2D eigenvalue weighted by Crippen LogP contribution is 2.08. The molecule has 2 heteroatoms. The van der Waals surface area contributed by atoms with E-state index >= 15 is 0 Å². The summed E-state index contributed by atoms with van der Waals surface area (Å²) < 4.78 is 0. The van der Waals surface area contributed by atoms with Gasteiger partial charge in [0.05, 0.1) is 0 Å². The topological polar surface area (TPSA) is 0 Å². The van der Waals surface area contributed by atoms with Gasteiger partial charge in [0.2, 0.25) is 0 Å². The molecule has 0 atom stereocenters. The van der Waals surface area contributed by atoms with Crippen LogP contribution in [0.15, 0.2) is 0 Å². The monoisotopic (exact) mass is 178 g/mol. The van der Waals surface area contributed by atoms with E-state index in [1.54, 1.807) is 0 Å². The molecule has 10 heavy (non-hydrogen) atoms. The van der Waals surface area contributed by atoms with Crippen molar-refractivity contribution in [2.45, 2.75) is 26.7 Å². The minimum Gasteiger partial charge on any atom is -0.161 e. The first-order chi connectivity index (χ1) is 4.91. The van der Waals surface area contributed by atoms with Crippen molar-refractivity contribution in [3.05, 3.63) is 0 Å². The molecular formula is C8H18S2. The molecule has 0 unspecified atom stereocenters. The minimum atomic E-state index is 1.32. The predicted octanol–water partition coefficient (Wildman–Crippen LogP) is 3.27. The van der Waals surface area contributed by atoms with Gasteiger partial charge in [0.1, 0.15) is 0 Å². The Morgan fingerprint density at radius 3 is 1.40 bits per heavy atom. The molecule has 0 spiro atoms. The van der Waals surface area contributed by atoms with Crippen LogP contribution in [0.3, 0.4) is 0 Å². The van der Waals surface area contributed by atoms with E-state index in [4.69, 9.17) is 0 Å². The van der Waals surface area contributed by atoms with Crippen molar-refractivity contribution in [2.24, 2.45) is 0 Å². The average molecular weight is 178 g/mol. The lowest BCUT2D eigenvalue weighted by atomic mass is 10.6. The van der Waals surface area contributed by atoms with Gasteiger partial charge in [-0.3, -0.25) is 0 Å². The Kier molecular flexibility index (Phi) is 10.4. The molecule has 0 aliphatic carbocycles. The lowest BCUT2D eigenvalue weighted by Gasteiger charge is -1.98. The van der Waals surface area contributed by atoms with Crippen LogP contribution in [0.4, 0.5) is 0 Å². The maximum Gasteiger partial charge on any atom is 0.00235 e. The van der Waals surface area contributed by atoms with E-state index in [1.165, 1.54) is 35.9 Å². The Hall–Kier alpha value is 0.700. The maximum atomic E-state index is 2.24. The predicted molar refractivity (Wildman–Crippen MR) is 55.2 cm³/mol. The van der Waals surface area contributed by atoms with Crippen LogP contribution >= 0.6 is 23.5 Å². The summed E-state index contributed by atoms with van der Waals surface area (Å²) in [5, 5.41) is 0. The lowest BCUT2D eigenvalue weighted by Crippen LogP contribution is -1.86. The maximum absolute atomic E-state index is 2.24. The largest absolute Gasteiger partial charge is 0.161 e. The fourth-order valence-corrected chi connectivity index (χ4v) is 2.54. The van der Waals surface area contributed by atoms with E-state index in [9.17, 15) is 0 Å². The molecule has 0 heterocycles. The molecule has 0 saturated carbocycles. The van der Waals surface area contributed by atoms with E-state index in [0.29, 0.717) is 0 Å². The molecule has 0 N–H and O–H groups in total. The molecule has 0 rings (SSSR count). The van der Waals surface area contributed by atoms with Crippen molar-refractivity contribution in [3.8, 4) is 0 Å². The summed E-state index contributed by atoms with van der Waals surface area (Å²) in [7, 11) is 0. The molecule has 0 aromatic heterocycles. The molecule has 62 valence electrons. The third-order valence-electron chi connectivity index (χ3n) is 1.07. The number of rotatable bonds is 7. The van der Waals surface area contributed by atoms with Gasteiger partial charge in [-0.1, -0.05) is 13.8 Å². The molecule has 0 aliphatic heterocycles. The highest BCUT2D eigenvalue weighted by molar-refractivity contribution is 8.02. The van der Waals surface area contributed by atoms with Crippen molar-refractivity contribution < 1.29 is 0 Å². The van der Waals surface area contributed by atoms with E-state index < -0.39 is 0 Å². The third-order valence-corrected chi connectivity index (χ3v) is 3.71. The summed E-state index contributed by atoms with van der Waals surface area (Å²) in [4.78, 5) is 0. The SMILES string of the molecule is CCCSCCSCCC. The fraction of sp³-hybridized carbons (Fsp3) is 1.00. The van der Waals surface area contributed by atoms with Gasteiger partial charge < -0.3 is 0 Å². The smallest absolute Gasteiger partial charge is 0.00235 e. The molecule has 0 radical (unpaired) electrons. The zero-order chi connectivity index (χ0) is 7.66. The van der Waals surface area contributed by atoms with Crippen molar-refractivity contribution in [2.75, 3.05) is 23.0 Å². The van der Waals surface area contributed by atoms with E-state index in [1.807, 2.05) is 0 Å². The van der Waals surface area contributed by atoms with Crippen molar-refractivity contribution in [1.82, 2.24) is 0 Å². The average Bonchev–Trinajstić information content (AvgIpc) is 1.97. The van der Waals surface area contributed by atoms with Gasteiger partial charge >= 0.3 is 0 Å². The molecule has 0 bridgehead atoms. The molecule has 0 saturated heterocycles. The molecule has 0 aromatic rings. The van der Waals surface area contributed by atoms with E-state index in [0.717, 1.165) is 0 Å². The Morgan fingerprint density at radius 2 is 1.10 bits per heavy atom. The first-order valence-corrected chi connectivity index (χ1v) is 6.38. The Labute approximate surface area is 73.5 Å². The summed E-state index contributed by atoms with van der Waals surface area (Å²) >= 11 is 4.17. The van der Waals surface area contributed by atoms with Crippen LogP contribution in [-0.4, -0.2) is 23.0 Å². The number of hydrogen-bond donors (Lipinski definition) is 0. The second-order valence-corrected chi connectivity index (χ2v) is 4.67. The third kappa shape index (κ3) is 8.70. The first kappa shape index (κ1) is 10.7. The summed E-state index contributed by atoms with van der Waals surface area (Å²) in [6.45, 7) is 4.48. The quantitative estimate of drug-likeness (QED) is 0.549. The van der Waals surface area contributed by atoms with Crippen LogP contribution in [-0.2, 0) is 0 Å². The van der Waals surface area contributed by atoms with Crippen LogP contribution in [0.2, 0.25) is 0 Å². The van der Waals surface area contributed by atoms with Gasteiger partial charge in [0.15, 0.2) is 0 Å². The fourth-order valence-electron chi connectivity index (χ4n) is 0.611. The van der Waals surface area contributed by atoms with Gasteiger partial charge in [-0.25, -0.2) is 0 Å². The summed E-state index contributed by atoms with van der Waals surface area (Å²) in [6.07, 6.45) is 2.65. The Balaban J connectivity index is 2.65. The van der Waals surface area contributed by atoms with Gasteiger partial charge in [-0.15, -0.1) is 0 Å². The molecular weight excluding hydrogens is 160 g/mol. The molecule has 0 aromatic carbocycles. The zero-order valence-electron chi connectivity index (χ0n) is 7.06. The van der Waals surface area contributed by atoms with Crippen LogP contribution < -0.4 is 0 Å². The molecule has 0 aliphatic rings. The zero-order valence-corrected chi connectivity index (χ0v) is 8.69. The number of hydrogen-bond acceptors (Lipinski definition) is 2. The van der Waals surface area contributed by atoms with Crippen LogP contribution in [0.5, 0.6) is 0 Å². The molecule has 0 nitrogen and oxygen atoms in total. The summed E-state index contributed by atoms with van der Waals surface area (Å²) in [5.41, 5.74) is 0. The summed E-state index contributed by atoms with van der Waals surface area (Å²) in [5.74, 6) is 5.37. The van der Waals surface area contributed by atoms with Crippen LogP contribution in [0.25, 0.3) is 0 Å². The minimum absolute atomic E-state index is 1.32. The number of thioether (sulfide) groups is 2. The van der Waals surface area contributed by atoms with Crippen molar-refractivity contribution in [3.63, 3.8) is 0 Å². The Morgan fingerprint density at radius 1 is 0.700 bits per heavy atom. The van der Waals surface area contributed by atoms with Crippen molar-refractivity contribution in [1.29, 1.82) is 0 Å². The van der Waals surface area contributed by atoms with Crippen LogP contribution in [0, 0.1) is 0 Å². The highest BCUT2D eigenvalue weighted by atomic mass is 32.2. The Bertz CT molecular complexity index is 47.2. The van der Waals surface area contributed by atoms with Crippen molar-refractivity contribution >= 4 is 23.5 Å². The van der Waals surface area contributed by atoms with Crippen LogP contribution in [0.1, 0.15) is 26.7 Å². The summed E-state index contributed by atoms with van der Waals surface area (Å²) in [6, 6.07) is 0. The van der Waals surface area contributed by atoms with Gasteiger partial charge in [-0.2, -0.15) is 23.5 Å².